The number of amides is 1. The van der Waals surface area contributed by atoms with Crippen LogP contribution in [-0.2, 0) is 0 Å². The van der Waals surface area contributed by atoms with Crippen LogP contribution >= 0.6 is 0 Å². The number of benzene rings is 1. The minimum Gasteiger partial charge on any atom is -0.332 e. The van der Waals surface area contributed by atoms with Gasteiger partial charge in [-0.15, -0.1) is 0 Å². The molecule has 1 unspecified atom stereocenters. The molecule has 0 radical (unpaired) electrons. The number of nitrogens with zero attached hydrogens (tertiary/aromatic N) is 4. The summed E-state index contributed by atoms with van der Waals surface area (Å²) in [6.07, 6.45) is 5.41. The Hall–Kier alpha value is -3.22. The van der Waals surface area contributed by atoms with Crippen molar-refractivity contribution in [3.8, 4) is 0 Å². The first-order valence-electron chi connectivity index (χ1n) is 8.75. The van der Waals surface area contributed by atoms with Gasteiger partial charge in [-0.05, 0) is 37.5 Å². The molecular weight excluding hydrogens is 328 g/mol. The van der Waals surface area contributed by atoms with Gasteiger partial charge in [0.2, 0.25) is 0 Å². The number of aromatic amines is 2. The topological polar surface area (TPSA) is 90.6 Å². The Morgan fingerprint density at radius 3 is 3.08 bits per heavy atom. The van der Waals surface area contributed by atoms with Gasteiger partial charge in [-0.2, -0.15) is 10.2 Å². The Labute approximate surface area is 149 Å². The molecule has 26 heavy (non-hydrogen) atoms. The highest BCUT2D eigenvalue weighted by Crippen LogP contribution is 2.34. The third-order valence-electron chi connectivity index (χ3n) is 5.22. The van der Waals surface area contributed by atoms with Crippen LogP contribution in [0.1, 0.15) is 40.5 Å². The molecule has 5 rings (SSSR count). The third-order valence-corrected chi connectivity index (χ3v) is 5.22. The van der Waals surface area contributed by atoms with Crippen molar-refractivity contribution >= 4 is 27.8 Å². The first kappa shape index (κ1) is 15.1. The Kier molecular flexibility index (Phi) is 3.28. The van der Waals surface area contributed by atoms with Crippen molar-refractivity contribution in [2.75, 3.05) is 6.54 Å². The van der Waals surface area contributed by atoms with Gasteiger partial charge >= 0.3 is 0 Å². The van der Waals surface area contributed by atoms with E-state index in [2.05, 4.69) is 43.6 Å². The van der Waals surface area contributed by atoms with E-state index < -0.39 is 0 Å². The van der Waals surface area contributed by atoms with Crippen molar-refractivity contribution in [2.24, 2.45) is 0 Å². The fourth-order valence-corrected chi connectivity index (χ4v) is 3.83. The average Bonchev–Trinajstić information content (AvgIpc) is 3.40. The monoisotopic (exact) mass is 346 g/mol. The van der Waals surface area contributed by atoms with Gasteiger partial charge < -0.3 is 4.90 Å². The molecule has 0 saturated carbocycles. The maximum absolute atomic E-state index is 13.2. The standard InChI is InChI=1S/C19H18N6O/c1-11-15-7-14(9-20-18(15)24-22-11)19(26)25-6-2-3-17(25)12-4-5-13-10-21-23-16(13)8-12/h4-5,7-10,17H,2-3,6H2,1H3,(H,21,23)(H,20,22,24). The SMILES string of the molecule is Cc1n[nH]c2ncc(C(=O)N3CCCC3c3ccc4cn[nH]c4c3)cc12. The molecule has 1 amide bonds. The van der Waals surface area contributed by atoms with Gasteiger partial charge in [-0.25, -0.2) is 4.98 Å². The lowest BCUT2D eigenvalue weighted by molar-refractivity contribution is 0.0735. The quantitative estimate of drug-likeness (QED) is 0.583. The predicted octanol–water partition coefficient (Wildman–Crippen LogP) is 3.12. The Balaban J connectivity index is 1.50. The van der Waals surface area contributed by atoms with Crippen LogP contribution in [0.4, 0.5) is 0 Å². The number of pyridine rings is 1. The van der Waals surface area contributed by atoms with E-state index in [-0.39, 0.29) is 11.9 Å². The number of nitrogens with one attached hydrogen (secondary N) is 2. The van der Waals surface area contributed by atoms with Gasteiger partial charge in [0.25, 0.3) is 5.91 Å². The van der Waals surface area contributed by atoms with Crippen LogP contribution in [-0.4, -0.2) is 42.7 Å². The molecule has 1 fully saturated rings. The Bertz CT molecular complexity index is 1130. The van der Waals surface area contributed by atoms with Gasteiger partial charge in [0, 0.05) is 23.5 Å². The predicted molar refractivity (Wildman–Crippen MR) is 97.7 cm³/mol. The molecule has 130 valence electrons. The Morgan fingerprint density at radius 2 is 2.15 bits per heavy atom. The highest BCUT2D eigenvalue weighted by Gasteiger charge is 2.31. The van der Waals surface area contributed by atoms with Crippen molar-refractivity contribution in [3.63, 3.8) is 0 Å². The zero-order chi connectivity index (χ0) is 17.7. The highest BCUT2D eigenvalue weighted by molar-refractivity contribution is 5.97. The lowest BCUT2D eigenvalue weighted by Crippen LogP contribution is -2.30. The summed E-state index contributed by atoms with van der Waals surface area (Å²) in [7, 11) is 0. The fourth-order valence-electron chi connectivity index (χ4n) is 3.83. The largest absolute Gasteiger partial charge is 0.332 e. The molecule has 3 aromatic heterocycles. The second-order valence-corrected chi connectivity index (χ2v) is 6.80. The van der Waals surface area contributed by atoms with Crippen molar-refractivity contribution in [1.82, 2.24) is 30.3 Å². The summed E-state index contributed by atoms with van der Waals surface area (Å²) in [6.45, 7) is 2.67. The lowest BCUT2D eigenvalue weighted by atomic mass is 10.0. The number of hydrogen-bond donors (Lipinski definition) is 2. The molecule has 1 saturated heterocycles. The van der Waals surface area contributed by atoms with Crippen LogP contribution in [0.15, 0.2) is 36.7 Å². The van der Waals surface area contributed by atoms with Crippen molar-refractivity contribution < 1.29 is 4.79 Å². The van der Waals surface area contributed by atoms with Crippen LogP contribution in [0.5, 0.6) is 0 Å². The lowest BCUT2D eigenvalue weighted by Gasteiger charge is -2.25. The summed E-state index contributed by atoms with van der Waals surface area (Å²) in [5, 5.41) is 16.1. The molecule has 0 spiro atoms. The number of carbonyl (C=O) groups excluding carboxylic acids is 1. The van der Waals surface area contributed by atoms with E-state index >= 15 is 0 Å². The molecular formula is C19H18N6O. The number of hydrogen-bond acceptors (Lipinski definition) is 4. The molecule has 1 aromatic carbocycles. The summed E-state index contributed by atoms with van der Waals surface area (Å²) in [6, 6.07) is 8.21. The van der Waals surface area contributed by atoms with Gasteiger partial charge in [0.1, 0.15) is 0 Å². The smallest absolute Gasteiger partial charge is 0.255 e. The summed E-state index contributed by atoms with van der Waals surface area (Å²) in [5.74, 6) is 0.0206. The van der Waals surface area contributed by atoms with E-state index in [9.17, 15) is 4.79 Å². The average molecular weight is 346 g/mol. The summed E-state index contributed by atoms with van der Waals surface area (Å²) in [5.41, 5.74) is 4.31. The normalized spacial score (nSPS) is 17.4. The van der Waals surface area contributed by atoms with Gasteiger partial charge in [-0.3, -0.25) is 15.0 Å². The molecule has 4 heterocycles. The van der Waals surface area contributed by atoms with E-state index in [0.29, 0.717) is 11.2 Å². The molecule has 7 heteroatoms. The zero-order valence-electron chi connectivity index (χ0n) is 14.4. The summed E-state index contributed by atoms with van der Waals surface area (Å²) < 4.78 is 0. The first-order chi connectivity index (χ1) is 12.7. The molecule has 1 aliphatic rings. The number of likely N-dealkylation sites (tertiary alicyclic amines) is 1. The van der Waals surface area contributed by atoms with E-state index in [1.54, 1.807) is 6.20 Å². The molecule has 0 bridgehead atoms. The second-order valence-electron chi connectivity index (χ2n) is 6.80. The number of rotatable bonds is 2. The molecule has 1 atom stereocenters. The number of carbonyl (C=O) groups is 1. The fraction of sp³-hybridized carbons (Fsp3) is 0.263. The number of aromatic nitrogens is 5. The number of fused-ring (bicyclic) bond motifs is 2. The third kappa shape index (κ3) is 2.28. The first-order valence-corrected chi connectivity index (χ1v) is 8.75. The van der Waals surface area contributed by atoms with E-state index in [1.165, 1.54) is 0 Å². The van der Waals surface area contributed by atoms with Crippen LogP contribution in [0.25, 0.3) is 21.9 Å². The molecule has 7 nitrogen and oxygen atoms in total. The summed E-state index contributed by atoms with van der Waals surface area (Å²) in [4.78, 5) is 19.5. The van der Waals surface area contributed by atoms with Crippen LogP contribution in [0, 0.1) is 6.92 Å². The zero-order valence-corrected chi connectivity index (χ0v) is 14.4. The Morgan fingerprint density at radius 1 is 1.23 bits per heavy atom. The van der Waals surface area contributed by atoms with Crippen LogP contribution in [0.3, 0.4) is 0 Å². The van der Waals surface area contributed by atoms with Gasteiger partial charge in [0.15, 0.2) is 5.65 Å². The van der Waals surface area contributed by atoms with Crippen molar-refractivity contribution in [3.05, 3.63) is 53.5 Å². The second kappa shape index (κ2) is 5.66. The summed E-state index contributed by atoms with van der Waals surface area (Å²) >= 11 is 0. The molecule has 0 aliphatic carbocycles. The highest BCUT2D eigenvalue weighted by atomic mass is 16.2. The van der Waals surface area contributed by atoms with Crippen molar-refractivity contribution in [2.45, 2.75) is 25.8 Å². The maximum atomic E-state index is 13.2. The van der Waals surface area contributed by atoms with Crippen LogP contribution < -0.4 is 0 Å². The molecule has 4 aromatic rings. The van der Waals surface area contributed by atoms with E-state index in [1.807, 2.05) is 24.1 Å². The number of aryl methyl sites for hydroxylation is 1. The molecule has 1 aliphatic heterocycles. The van der Waals surface area contributed by atoms with Crippen LogP contribution in [0.2, 0.25) is 0 Å². The van der Waals surface area contributed by atoms with Gasteiger partial charge in [0.05, 0.1) is 29.0 Å². The minimum atomic E-state index is 0.0206. The van der Waals surface area contributed by atoms with Crippen molar-refractivity contribution in [1.29, 1.82) is 0 Å². The van der Waals surface area contributed by atoms with E-state index in [0.717, 1.165) is 46.9 Å². The minimum absolute atomic E-state index is 0.0206. The number of H-pyrrole nitrogens is 2. The van der Waals surface area contributed by atoms with Gasteiger partial charge in [-0.1, -0.05) is 12.1 Å². The molecule has 2 N–H and O–H groups in total. The van der Waals surface area contributed by atoms with E-state index in [4.69, 9.17) is 0 Å². The maximum Gasteiger partial charge on any atom is 0.255 e.